The van der Waals surface area contributed by atoms with Crippen LogP contribution in [0.5, 0.6) is 0 Å². The van der Waals surface area contributed by atoms with E-state index in [-0.39, 0.29) is 11.6 Å². The lowest BCUT2D eigenvalue weighted by atomic mass is 10.2. The van der Waals surface area contributed by atoms with E-state index in [1.807, 2.05) is 25.1 Å². The second kappa shape index (κ2) is 6.82. The van der Waals surface area contributed by atoms with E-state index in [9.17, 15) is 22.8 Å². The highest BCUT2D eigenvalue weighted by Gasteiger charge is 2.48. The molecule has 1 aliphatic carbocycles. The first kappa shape index (κ1) is 18.0. The summed E-state index contributed by atoms with van der Waals surface area (Å²) >= 11 is 0. The van der Waals surface area contributed by atoms with Gasteiger partial charge in [0.05, 0.1) is 17.4 Å². The average molecular weight is 362 g/mol. The molecule has 7 heteroatoms. The van der Waals surface area contributed by atoms with Crippen LogP contribution < -0.4 is 10.6 Å². The van der Waals surface area contributed by atoms with Gasteiger partial charge < -0.3 is 10.6 Å². The first-order chi connectivity index (χ1) is 12.2. The lowest BCUT2D eigenvalue weighted by molar-refractivity contribution is -0.137. The van der Waals surface area contributed by atoms with E-state index in [1.54, 1.807) is 6.07 Å². The SMILES string of the molecule is Cc1cccc(NC(=O)C2CC2C(=O)Nc2cccc(C(F)(F)F)c2)c1. The maximum absolute atomic E-state index is 12.7. The molecule has 4 nitrogen and oxygen atoms in total. The summed E-state index contributed by atoms with van der Waals surface area (Å²) < 4.78 is 38.1. The third-order valence-electron chi connectivity index (χ3n) is 4.21. The van der Waals surface area contributed by atoms with E-state index in [4.69, 9.17) is 0 Å². The van der Waals surface area contributed by atoms with Crippen molar-refractivity contribution in [2.24, 2.45) is 11.8 Å². The largest absolute Gasteiger partial charge is 0.416 e. The Bertz CT molecular complexity index is 849. The molecule has 1 fully saturated rings. The normalized spacial score (nSPS) is 18.9. The third-order valence-corrected chi connectivity index (χ3v) is 4.21. The van der Waals surface area contributed by atoms with Gasteiger partial charge >= 0.3 is 6.18 Å². The van der Waals surface area contributed by atoms with Crippen LogP contribution in [0.25, 0.3) is 0 Å². The number of benzene rings is 2. The van der Waals surface area contributed by atoms with Gasteiger partial charge in [0.2, 0.25) is 11.8 Å². The molecule has 1 saturated carbocycles. The molecule has 2 N–H and O–H groups in total. The van der Waals surface area contributed by atoms with Gasteiger partial charge in [0, 0.05) is 11.4 Å². The Labute approximate surface area is 148 Å². The Hall–Kier alpha value is -2.83. The van der Waals surface area contributed by atoms with Crippen molar-refractivity contribution in [2.45, 2.75) is 19.5 Å². The van der Waals surface area contributed by atoms with Crippen molar-refractivity contribution in [1.29, 1.82) is 0 Å². The summed E-state index contributed by atoms with van der Waals surface area (Å²) in [5, 5.41) is 5.21. The average Bonchev–Trinajstić information content (AvgIpc) is 3.35. The van der Waals surface area contributed by atoms with E-state index in [1.165, 1.54) is 12.1 Å². The van der Waals surface area contributed by atoms with Gasteiger partial charge in [0.15, 0.2) is 0 Å². The molecule has 2 unspecified atom stereocenters. The number of hydrogen-bond acceptors (Lipinski definition) is 2. The predicted octanol–water partition coefficient (Wildman–Crippen LogP) is 4.23. The molecule has 0 spiro atoms. The van der Waals surface area contributed by atoms with Crippen LogP contribution in [0.3, 0.4) is 0 Å². The number of anilines is 2. The molecule has 0 bridgehead atoms. The number of hydrogen-bond donors (Lipinski definition) is 2. The van der Waals surface area contributed by atoms with Crippen molar-refractivity contribution in [3.8, 4) is 0 Å². The van der Waals surface area contributed by atoms with E-state index >= 15 is 0 Å². The lowest BCUT2D eigenvalue weighted by Gasteiger charge is -2.10. The van der Waals surface area contributed by atoms with Gasteiger partial charge in [-0.25, -0.2) is 0 Å². The molecule has 2 atom stereocenters. The summed E-state index contributed by atoms with van der Waals surface area (Å²) in [4.78, 5) is 24.4. The van der Waals surface area contributed by atoms with Crippen molar-refractivity contribution in [3.05, 3.63) is 59.7 Å². The molecule has 0 saturated heterocycles. The third kappa shape index (κ3) is 4.22. The summed E-state index contributed by atoms with van der Waals surface area (Å²) in [6.45, 7) is 1.90. The van der Waals surface area contributed by atoms with Gasteiger partial charge in [-0.2, -0.15) is 13.2 Å². The monoisotopic (exact) mass is 362 g/mol. The fraction of sp³-hybridized carbons (Fsp3) is 0.263. The Morgan fingerprint density at radius 1 is 0.923 bits per heavy atom. The fourth-order valence-corrected chi connectivity index (χ4v) is 2.74. The van der Waals surface area contributed by atoms with Crippen LogP contribution in [0, 0.1) is 18.8 Å². The maximum Gasteiger partial charge on any atom is 0.416 e. The number of halogens is 3. The first-order valence-electron chi connectivity index (χ1n) is 8.10. The van der Waals surface area contributed by atoms with E-state index in [0.717, 1.165) is 17.7 Å². The zero-order chi connectivity index (χ0) is 18.9. The Morgan fingerprint density at radius 2 is 1.46 bits per heavy atom. The molecule has 2 aromatic carbocycles. The van der Waals surface area contributed by atoms with Crippen molar-refractivity contribution >= 4 is 23.2 Å². The first-order valence-corrected chi connectivity index (χ1v) is 8.10. The number of alkyl halides is 3. The highest BCUT2D eigenvalue weighted by atomic mass is 19.4. The minimum Gasteiger partial charge on any atom is -0.326 e. The minimum absolute atomic E-state index is 0.0644. The highest BCUT2D eigenvalue weighted by molar-refractivity contribution is 6.03. The summed E-state index contributed by atoms with van der Waals surface area (Å²) in [5.74, 6) is -1.72. The van der Waals surface area contributed by atoms with Crippen molar-refractivity contribution < 1.29 is 22.8 Å². The summed E-state index contributed by atoms with van der Waals surface area (Å²) in [6.07, 6.45) is -4.10. The van der Waals surface area contributed by atoms with Crippen LogP contribution in [0.15, 0.2) is 48.5 Å². The second-order valence-corrected chi connectivity index (χ2v) is 6.38. The van der Waals surface area contributed by atoms with E-state index in [2.05, 4.69) is 10.6 Å². The smallest absolute Gasteiger partial charge is 0.326 e. The molecule has 0 aliphatic heterocycles. The van der Waals surface area contributed by atoms with Gasteiger partial charge in [-0.3, -0.25) is 9.59 Å². The number of carbonyl (C=O) groups is 2. The summed E-state index contributed by atoms with van der Waals surface area (Å²) in [6, 6.07) is 11.7. The van der Waals surface area contributed by atoms with Gasteiger partial charge in [0.1, 0.15) is 0 Å². The van der Waals surface area contributed by atoms with Crippen LogP contribution in [0.2, 0.25) is 0 Å². The van der Waals surface area contributed by atoms with Crippen molar-refractivity contribution in [1.82, 2.24) is 0 Å². The Morgan fingerprint density at radius 3 is 2.00 bits per heavy atom. The molecule has 136 valence electrons. The minimum atomic E-state index is -4.48. The molecule has 2 aromatic rings. The zero-order valence-electron chi connectivity index (χ0n) is 13.9. The van der Waals surface area contributed by atoms with Crippen molar-refractivity contribution in [2.75, 3.05) is 10.6 Å². The topological polar surface area (TPSA) is 58.2 Å². The number of nitrogens with one attached hydrogen (secondary N) is 2. The van der Waals surface area contributed by atoms with Crippen LogP contribution in [0.1, 0.15) is 17.5 Å². The number of aryl methyl sites for hydroxylation is 1. The maximum atomic E-state index is 12.7. The highest BCUT2D eigenvalue weighted by Crippen LogP contribution is 2.40. The molecular weight excluding hydrogens is 345 g/mol. The Balaban J connectivity index is 1.58. The number of carbonyl (C=O) groups excluding carboxylic acids is 2. The summed E-state index contributed by atoms with van der Waals surface area (Å²) in [7, 11) is 0. The van der Waals surface area contributed by atoms with Gasteiger partial charge in [-0.1, -0.05) is 18.2 Å². The van der Waals surface area contributed by atoms with Crippen LogP contribution in [0.4, 0.5) is 24.5 Å². The summed E-state index contributed by atoms with van der Waals surface area (Å²) in [5.41, 5.74) is 0.880. The molecule has 26 heavy (non-hydrogen) atoms. The molecule has 3 rings (SSSR count). The molecule has 0 aromatic heterocycles. The Kier molecular flexibility index (Phi) is 4.71. The predicted molar refractivity (Wildman–Crippen MR) is 91.5 cm³/mol. The molecular formula is C19H17F3N2O2. The van der Waals surface area contributed by atoms with Gasteiger partial charge in [-0.15, -0.1) is 0 Å². The van der Waals surface area contributed by atoms with Crippen LogP contribution in [-0.4, -0.2) is 11.8 Å². The molecule has 0 heterocycles. The van der Waals surface area contributed by atoms with Crippen molar-refractivity contribution in [3.63, 3.8) is 0 Å². The van der Waals surface area contributed by atoms with Crippen LogP contribution in [-0.2, 0) is 15.8 Å². The molecule has 2 amide bonds. The van der Waals surface area contributed by atoms with Gasteiger partial charge in [-0.05, 0) is 49.2 Å². The van der Waals surface area contributed by atoms with E-state index in [0.29, 0.717) is 12.1 Å². The quantitative estimate of drug-likeness (QED) is 0.855. The lowest BCUT2D eigenvalue weighted by Crippen LogP contribution is -2.20. The molecule has 1 aliphatic rings. The van der Waals surface area contributed by atoms with Gasteiger partial charge in [0.25, 0.3) is 0 Å². The second-order valence-electron chi connectivity index (χ2n) is 6.38. The number of amides is 2. The zero-order valence-corrected chi connectivity index (χ0v) is 13.9. The van der Waals surface area contributed by atoms with E-state index < -0.39 is 29.5 Å². The standard InChI is InChI=1S/C19H17F3N2O2/c1-11-4-2-6-13(8-11)23-17(25)15-10-16(15)18(26)24-14-7-3-5-12(9-14)19(20,21)22/h2-9,15-16H,10H2,1H3,(H,23,25)(H,24,26). The fourth-order valence-electron chi connectivity index (χ4n) is 2.74. The number of rotatable bonds is 4. The van der Waals surface area contributed by atoms with Crippen LogP contribution >= 0.6 is 0 Å². The molecule has 0 radical (unpaired) electrons.